The van der Waals surface area contributed by atoms with E-state index in [0.29, 0.717) is 29.5 Å². The molecule has 0 saturated heterocycles. The fraction of sp³-hybridized carbons (Fsp3) is 0.231. The normalized spacial score (nSPS) is 14.8. The molecule has 0 fully saturated rings. The minimum Gasteiger partial charge on any atom is -0.493 e. The quantitative estimate of drug-likeness (QED) is 0.435. The number of nitrogens with zero attached hydrogens (tertiary/aromatic N) is 2. The highest BCUT2D eigenvalue weighted by Gasteiger charge is 2.28. The molecule has 0 aromatic heterocycles. The highest BCUT2D eigenvalue weighted by molar-refractivity contribution is 6.30. The summed E-state index contributed by atoms with van der Waals surface area (Å²) in [5.41, 5.74) is 2.71. The zero-order chi connectivity index (χ0) is 24.1. The average molecular weight is 483 g/mol. The van der Waals surface area contributed by atoms with Crippen LogP contribution >= 0.6 is 11.6 Å². The lowest BCUT2D eigenvalue weighted by molar-refractivity contribution is 0.0405. The predicted molar refractivity (Wildman–Crippen MR) is 128 cm³/mol. The zero-order valence-electron chi connectivity index (χ0n) is 18.8. The summed E-state index contributed by atoms with van der Waals surface area (Å²) in [6.45, 7) is 0.559. The van der Waals surface area contributed by atoms with Gasteiger partial charge in [-0.3, -0.25) is 4.79 Å². The van der Waals surface area contributed by atoms with Crippen LogP contribution in [0.1, 0.15) is 27.9 Å². The van der Waals surface area contributed by atoms with Crippen molar-refractivity contribution in [3.63, 3.8) is 0 Å². The Labute approximate surface area is 202 Å². The first-order valence-corrected chi connectivity index (χ1v) is 11.1. The molecule has 1 unspecified atom stereocenters. The molecule has 0 saturated carbocycles. The smallest absolute Gasteiger partial charge is 0.254 e. The first-order chi connectivity index (χ1) is 16.5. The second-order valence-electron chi connectivity index (χ2n) is 7.87. The van der Waals surface area contributed by atoms with Crippen molar-refractivity contribution in [1.82, 2.24) is 4.90 Å². The van der Waals surface area contributed by atoms with E-state index in [9.17, 15) is 9.18 Å². The van der Waals surface area contributed by atoms with E-state index in [0.717, 1.165) is 16.8 Å². The maximum Gasteiger partial charge on any atom is 0.254 e. The third-order valence-corrected chi connectivity index (χ3v) is 5.73. The fourth-order valence-electron chi connectivity index (χ4n) is 3.84. The van der Waals surface area contributed by atoms with Crippen molar-refractivity contribution in [2.45, 2.75) is 19.1 Å². The average Bonchev–Trinajstić information content (AvgIpc) is 3.31. The van der Waals surface area contributed by atoms with Crippen molar-refractivity contribution < 1.29 is 23.5 Å². The standard InChI is InChI=1S/C26H24ClFN2O4/c1-32-24-10-9-18(13-25(24)33-2)23-14-22(34-29-23)16-30(15-17-5-3-7-20(27)11-17)26(31)19-6-4-8-21(28)12-19/h3-13,22H,14-16H2,1-2H3. The summed E-state index contributed by atoms with van der Waals surface area (Å²) in [6, 6.07) is 18.5. The van der Waals surface area contributed by atoms with Gasteiger partial charge in [-0.1, -0.05) is 35.0 Å². The van der Waals surface area contributed by atoms with E-state index in [1.165, 1.54) is 18.2 Å². The van der Waals surface area contributed by atoms with Crippen LogP contribution in [0.5, 0.6) is 11.5 Å². The monoisotopic (exact) mass is 482 g/mol. The largest absolute Gasteiger partial charge is 0.493 e. The Bertz CT molecular complexity index is 1220. The van der Waals surface area contributed by atoms with Gasteiger partial charge in [0.1, 0.15) is 5.82 Å². The molecule has 1 amide bonds. The molecule has 3 aromatic rings. The van der Waals surface area contributed by atoms with E-state index in [1.807, 2.05) is 30.3 Å². The number of amides is 1. The Kier molecular flexibility index (Phi) is 7.33. The van der Waals surface area contributed by atoms with Gasteiger partial charge in [-0.2, -0.15) is 0 Å². The highest BCUT2D eigenvalue weighted by Crippen LogP contribution is 2.30. The lowest BCUT2D eigenvalue weighted by Crippen LogP contribution is -2.37. The van der Waals surface area contributed by atoms with E-state index in [1.54, 1.807) is 37.3 Å². The molecular formula is C26H24ClFN2O4. The number of halogens is 2. The van der Waals surface area contributed by atoms with Crippen LogP contribution in [0.2, 0.25) is 5.02 Å². The summed E-state index contributed by atoms with van der Waals surface area (Å²) in [4.78, 5) is 20.6. The van der Waals surface area contributed by atoms with E-state index in [4.69, 9.17) is 25.9 Å². The van der Waals surface area contributed by atoms with Gasteiger partial charge in [0.05, 0.1) is 26.5 Å². The van der Waals surface area contributed by atoms with Crippen molar-refractivity contribution in [3.05, 3.63) is 94.3 Å². The molecule has 1 heterocycles. The number of carbonyl (C=O) groups is 1. The summed E-state index contributed by atoms with van der Waals surface area (Å²) >= 11 is 6.13. The molecule has 0 N–H and O–H groups in total. The van der Waals surface area contributed by atoms with Gasteiger partial charge in [-0.15, -0.1) is 0 Å². The third kappa shape index (κ3) is 5.48. The maximum absolute atomic E-state index is 13.8. The van der Waals surface area contributed by atoms with Gasteiger partial charge in [0.25, 0.3) is 5.91 Å². The van der Waals surface area contributed by atoms with Gasteiger partial charge in [0.2, 0.25) is 0 Å². The molecule has 0 radical (unpaired) electrons. The Morgan fingerprint density at radius 2 is 1.88 bits per heavy atom. The molecule has 0 spiro atoms. The van der Waals surface area contributed by atoms with Crippen LogP contribution in [0.25, 0.3) is 0 Å². The van der Waals surface area contributed by atoms with E-state index < -0.39 is 5.82 Å². The lowest BCUT2D eigenvalue weighted by atomic mass is 10.0. The van der Waals surface area contributed by atoms with Crippen LogP contribution < -0.4 is 9.47 Å². The molecule has 176 valence electrons. The van der Waals surface area contributed by atoms with Crippen LogP contribution in [0.3, 0.4) is 0 Å². The summed E-state index contributed by atoms with van der Waals surface area (Å²) in [5.74, 6) is 0.443. The number of methoxy groups -OCH3 is 2. The van der Waals surface area contributed by atoms with Crippen LogP contribution in [-0.4, -0.2) is 43.4 Å². The van der Waals surface area contributed by atoms with Crippen LogP contribution in [-0.2, 0) is 11.4 Å². The number of hydrogen-bond donors (Lipinski definition) is 0. The number of rotatable bonds is 8. The highest BCUT2D eigenvalue weighted by atomic mass is 35.5. The van der Waals surface area contributed by atoms with Gasteiger partial charge < -0.3 is 19.2 Å². The molecule has 0 aliphatic carbocycles. The minimum atomic E-state index is -0.468. The molecule has 1 aliphatic heterocycles. The Hall–Kier alpha value is -3.58. The minimum absolute atomic E-state index is 0.265. The van der Waals surface area contributed by atoms with Gasteiger partial charge in [0, 0.05) is 29.1 Å². The maximum atomic E-state index is 13.8. The van der Waals surface area contributed by atoms with E-state index in [-0.39, 0.29) is 24.1 Å². The van der Waals surface area contributed by atoms with Crippen molar-refractivity contribution in [2.24, 2.45) is 5.16 Å². The van der Waals surface area contributed by atoms with Crippen molar-refractivity contribution in [1.29, 1.82) is 0 Å². The van der Waals surface area contributed by atoms with Gasteiger partial charge in [-0.25, -0.2) is 4.39 Å². The summed E-state index contributed by atoms with van der Waals surface area (Å²) in [7, 11) is 3.15. The van der Waals surface area contributed by atoms with E-state index >= 15 is 0 Å². The lowest BCUT2D eigenvalue weighted by Gasteiger charge is -2.25. The summed E-state index contributed by atoms with van der Waals surface area (Å²) < 4.78 is 24.5. The molecule has 34 heavy (non-hydrogen) atoms. The van der Waals surface area contributed by atoms with Gasteiger partial charge in [0.15, 0.2) is 17.6 Å². The topological polar surface area (TPSA) is 60.4 Å². The first-order valence-electron chi connectivity index (χ1n) is 10.7. The summed E-state index contributed by atoms with van der Waals surface area (Å²) in [6.07, 6.45) is 0.137. The van der Waals surface area contributed by atoms with Crippen molar-refractivity contribution in [3.8, 4) is 11.5 Å². The molecule has 0 bridgehead atoms. The number of carbonyl (C=O) groups excluding carboxylic acids is 1. The molecule has 4 rings (SSSR count). The van der Waals surface area contributed by atoms with E-state index in [2.05, 4.69) is 5.16 Å². The molecule has 1 atom stereocenters. The predicted octanol–water partition coefficient (Wildman–Crippen LogP) is 5.33. The Balaban J connectivity index is 1.52. The number of ether oxygens (including phenoxy) is 2. The molecule has 6 nitrogen and oxygen atoms in total. The third-order valence-electron chi connectivity index (χ3n) is 5.50. The zero-order valence-corrected chi connectivity index (χ0v) is 19.6. The van der Waals surface area contributed by atoms with Crippen molar-refractivity contribution >= 4 is 23.2 Å². The summed E-state index contributed by atoms with van der Waals surface area (Å²) in [5, 5.41) is 4.82. The Morgan fingerprint density at radius 1 is 1.09 bits per heavy atom. The van der Waals surface area contributed by atoms with Gasteiger partial charge >= 0.3 is 0 Å². The number of oxime groups is 1. The number of benzene rings is 3. The van der Waals surface area contributed by atoms with Crippen LogP contribution in [0, 0.1) is 5.82 Å². The second-order valence-corrected chi connectivity index (χ2v) is 8.30. The molecule has 3 aromatic carbocycles. The second kappa shape index (κ2) is 10.6. The fourth-order valence-corrected chi connectivity index (χ4v) is 4.05. The van der Waals surface area contributed by atoms with Crippen LogP contribution in [0.15, 0.2) is 71.9 Å². The molecule has 1 aliphatic rings. The SMILES string of the molecule is COc1ccc(C2=NOC(CN(Cc3cccc(Cl)c3)C(=O)c3cccc(F)c3)C2)cc1OC. The Morgan fingerprint density at radius 3 is 2.62 bits per heavy atom. The van der Waals surface area contributed by atoms with Gasteiger partial charge in [-0.05, 0) is 54.1 Å². The molecule has 8 heteroatoms. The number of hydrogen-bond acceptors (Lipinski definition) is 5. The first kappa shape index (κ1) is 23.6. The van der Waals surface area contributed by atoms with Crippen molar-refractivity contribution in [2.75, 3.05) is 20.8 Å². The van der Waals surface area contributed by atoms with Crippen LogP contribution in [0.4, 0.5) is 4.39 Å². The molecular weight excluding hydrogens is 459 g/mol.